The molecule has 382 valence electrons. The lowest BCUT2D eigenvalue weighted by atomic mass is 9.34. The summed E-state index contributed by atoms with van der Waals surface area (Å²) in [5, 5.41) is 128. The molecule has 6 fully saturated rings. The summed E-state index contributed by atoms with van der Waals surface area (Å²) in [5.41, 5.74) is -2.00. The standard InChI is InChI=1S/C53H83N3O12/c1-4-7-30-10-12-33-39(14-11-30)68-47-43(33)36(60)9-5-18-53(47,67)48(3,65)40-17-20-52(66)46-44(55-28-29(2)59)45(64)34-24-37(61)38(62)26-50(34)25-31(32-13-15-42(54)56-35(32)8-6-22-57)16-19-51(46,50)41(63)27-49(40,52)21-23-58/h13,15-16,19,29-31,33-34,36-43,47,55-63,65-67H,4-12,14,17-18,20-28,54H2,1-3H3/t29-,30-,31+,33+,34-,36+,37+,38-,39+,40+,41+,42?,43+,47+,48+,49+,50-,51-,52+,53+/m0/s1. The van der Waals surface area contributed by atoms with Gasteiger partial charge in [0, 0.05) is 59.6 Å². The van der Waals surface area contributed by atoms with E-state index < -0.39 is 106 Å². The summed E-state index contributed by atoms with van der Waals surface area (Å²) in [7, 11) is 0. The number of nitrogens with two attached hydrogens (primary N) is 1. The lowest BCUT2D eigenvalue weighted by molar-refractivity contribution is -0.267. The normalized spacial score (nSPS) is 47.9. The monoisotopic (exact) mass is 954 g/mol. The Labute approximate surface area is 402 Å². The second-order valence-electron chi connectivity index (χ2n) is 23.4. The molecule has 9 rings (SSSR count). The van der Waals surface area contributed by atoms with Gasteiger partial charge in [0.25, 0.3) is 0 Å². The van der Waals surface area contributed by atoms with Crippen LogP contribution in [0.4, 0.5) is 0 Å². The zero-order valence-corrected chi connectivity index (χ0v) is 40.6. The van der Waals surface area contributed by atoms with E-state index in [1.54, 1.807) is 13.8 Å². The summed E-state index contributed by atoms with van der Waals surface area (Å²) in [5.74, 6) is -2.56. The summed E-state index contributed by atoms with van der Waals surface area (Å²) in [4.78, 5) is 15.7. The summed E-state index contributed by atoms with van der Waals surface area (Å²) >= 11 is 0. The van der Waals surface area contributed by atoms with E-state index in [1.165, 1.54) is 0 Å². The summed E-state index contributed by atoms with van der Waals surface area (Å²) in [6.07, 6.45) is 8.30. The molecule has 14 N–H and O–H groups in total. The highest BCUT2D eigenvalue weighted by molar-refractivity contribution is 6.00. The first-order valence-electron chi connectivity index (χ1n) is 26.4. The fraction of sp³-hybridized carbons (Fsp3) is 0.830. The Morgan fingerprint density at radius 3 is 2.46 bits per heavy atom. The van der Waals surface area contributed by atoms with Crippen molar-refractivity contribution in [1.82, 2.24) is 10.6 Å². The van der Waals surface area contributed by atoms with Crippen molar-refractivity contribution >= 4 is 5.78 Å². The van der Waals surface area contributed by atoms with Gasteiger partial charge in [-0.3, -0.25) is 4.79 Å². The van der Waals surface area contributed by atoms with E-state index in [4.69, 9.17) is 10.5 Å². The number of allylic oxidation sites excluding steroid dienone is 5. The van der Waals surface area contributed by atoms with Gasteiger partial charge in [0.1, 0.15) is 5.60 Å². The van der Waals surface area contributed by atoms with Crippen LogP contribution in [-0.2, 0) is 9.53 Å². The second-order valence-corrected chi connectivity index (χ2v) is 23.4. The van der Waals surface area contributed by atoms with E-state index in [0.29, 0.717) is 31.6 Å². The first-order valence-corrected chi connectivity index (χ1v) is 26.4. The number of Topliss-reactive ketones (excluding diaryl/α,β-unsaturated/α-hetero) is 1. The van der Waals surface area contributed by atoms with Crippen molar-refractivity contribution in [1.29, 1.82) is 0 Å². The number of hydrogen-bond acceptors (Lipinski definition) is 15. The summed E-state index contributed by atoms with van der Waals surface area (Å²) in [6, 6.07) is 0. The third-order valence-electron chi connectivity index (χ3n) is 20.1. The Bertz CT molecular complexity index is 2020. The van der Waals surface area contributed by atoms with E-state index in [2.05, 4.69) is 17.6 Å². The SMILES string of the molecule is CCC[C@H]1CC[C@H]2[C@@H]3[C@H](O)CCC[C@](O)([C@](C)(O)[C@H]4CC[C@@]5(O)C6=C(NC[C@H](C)O)C(=O)[C@@H]7C[C@@H](O)[C@@H](O)C[C@@]78C[C@H](C7=C(CCCO)NC(N)C=C7)C=C[C@]68[C@H](O)C[C@]45CCO)[C@@H]3O[C@@H]2CC1. The Morgan fingerprint density at radius 2 is 1.74 bits per heavy atom. The van der Waals surface area contributed by atoms with Crippen molar-refractivity contribution in [2.75, 3.05) is 19.8 Å². The maximum atomic E-state index is 15.7. The Hall–Kier alpha value is -2.25. The minimum Gasteiger partial charge on any atom is -0.396 e. The molecule has 0 aromatic carbocycles. The van der Waals surface area contributed by atoms with Gasteiger partial charge in [0.15, 0.2) is 5.78 Å². The zero-order chi connectivity index (χ0) is 48.8. The number of rotatable bonds is 13. The number of ether oxygens (including phenoxy) is 1. The van der Waals surface area contributed by atoms with Gasteiger partial charge in [-0.1, -0.05) is 44.4 Å². The van der Waals surface area contributed by atoms with Crippen LogP contribution >= 0.6 is 0 Å². The molecule has 1 unspecified atom stereocenters. The average Bonchev–Trinajstić information content (AvgIpc) is 3.68. The Balaban J connectivity index is 1.20. The van der Waals surface area contributed by atoms with Gasteiger partial charge < -0.3 is 72.2 Å². The number of hydrogen-bond donors (Lipinski definition) is 13. The molecule has 68 heavy (non-hydrogen) atoms. The topological polar surface area (TPSA) is 279 Å². The summed E-state index contributed by atoms with van der Waals surface area (Å²) < 4.78 is 6.97. The number of carbonyl (C=O) groups excluding carboxylic acids is 1. The molecule has 0 amide bonds. The molecule has 2 spiro atoms. The highest BCUT2D eigenvalue weighted by Gasteiger charge is 2.80. The van der Waals surface area contributed by atoms with E-state index in [0.717, 1.165) is 49.8 Å². The van der Waals surface area contributed by atoms with Crippen molar-refractivity contribution in [3.63, 3.8) is 0 Å². The largest absolute Gasteiger partial charge is 0.396 e. The van der Waals surface area contributed by atoms with Gasteiger partial charge in [-0.05, 0) is 145 Å². The number of aliphatic hydroxyl groups is 10. The van der Waals surface area contributed by atoms with Crippen LogP contribution in [0.15, 0.2) is 46.8 Å². The third-order valence-corrected chi connectivity index (χ3v) is 20.1. The Kier molecular flexibility index (Phi) is 13.9. The third kappa shape index (κ3) is 7.43. The lowest BCUT2D eigenvalue weighted by Gasteiger charge is -2.70. The number of ketones is 1. The number of nitrogens with one attached hydrogen (secondary N) is 2. The van der Waals surface area contributed by atoms with E-state index in [-0.39, 0.29) is 93.7 Å². The highest BCUT2D eigenvalue weighted by atomic mass is 16.5. The molecular formula is C53H83N3O12. The van der Waals surface area contributed by atoms with Crippen molar-refractivity contribution < 1.29 is 60.6 Å². The minimum absolute atomic E-state index is 0.00457. The van der Waals surface area contributed by atoms with Crippen LogP contribution in [0.1, 0.15) is 136 Å². The van der Waals surface area contributed by atoms with E-state index in [1.807, 2.05) is 24.3 Å². The molecule has 0 radical (unpaired) electrons. The van der Waals surface area contributed by atoms with E-state index in [9.17, 15) is 51.1 Å². The number of dihydropyridines is 1. The van der Waals surface area contributed by atoms with Crippen LogP contribution in [0.3, 0.4) is 0 Å². The molecule has 1 saturated heterocycles. The van der Waals surface area contributed by atoms with Gasteiger partial charge in [0.05, 0.1) is 65.8 Å². The van der Waals surface area contributed by atoms with Crippen molar-refractivity contribution in [2.24, 2.45) is 57.5 Å². The summed E-state index contributed by atoms with van der Waals surface area (Å²) in [6.45, 7) is 4.81. The fourth-order valence-corrected chi connectivity index (χ4v) is 17.2. The van der Waals surface area contributed by atoms with Gasteiger partial charge >= 0.3 is 0 Å². The number of aliphatic hydroxyl groups excluding tert-OH is 7. The van der Waals surface area contributed by atoms with Crippen molar-refractivity contribution in [3.8, 4) is 0 Å². The van der Waals surface area contributed by atoms with Gasteiger partial charge in [-0.2, -0.15) is 0 Å². The number of fused-ring (bicyclic) bond motifs is 5. The molecule has 0 aromatic heterocycles. The first-order chi connectivity index (χ1) is 32.3. The van der Waals surface area contributed by atoms with Crippen molar-refractivity contribution in [3.05, 3.63) is 46.8 Å². The van der Waals surface area contributed by atoms with E-state index >= 15 is 4.79 Å². The molecule has 2 aliphatic heterocycles. The second kappa shape index (κ2) is 18.7. The molecule has 2 heterocycles. The van der Waals surface area contributed by atoms with Crippen LogP contribution in [0.5, 0.6) is 0 Å². The van der Waals surface area contributed by atoms with Gasteiger partial charge in [-0.25, -0.2) is 0 Å². The first kappa shape index (κ1) is 50.7. The molecule has 0 aromatic rings. The predicted octanol–water partition coefficient (Wildman–Crippen LogP) is 2.24. The molecule has 15 heteroatoms. The van der Waals surface area contributed by atoms with Crippen LogP contribution < -0.4 is 16.4 Å². The molecule has 5 saturated carbocycles. The molecule has 9 aliphatic rings. The Morgan fingerprint density at radius 1 is 0.971 bits per heavy atom. The molecule has 15 nitrogen and oxygen atoms in total. The molecule has 20 atom stereocenters. The van der Waals surface area contributed by atoms with Gasteiger partial charge in [-0.15, -0.1) is 0 Å². The lowest BCUT2D eigenvalue weighted by Crippen LogP contribution is -2.75. The highest BCUT2D eigenvalue weighted by Crippen LogP contribution is 2.77. The average molecular weight is 954 g/mol. The quantitative estimate of drug-likeness (QED) is 0.118. The van der Waals surface area contributed by atoms with Crippen LogP contribution in [0.25, 0.3) is 0 Å². The maximum Gasteiger partial charge on any atom is 0.182 e. The fourth-order valence-electron chi connectivity index (χ4n) is 17.2. The predicted molar refractivity (Wildman–Crippen MR) is 253 cm³/mol. The molecule has 0 bridgehead atoms. The maximum absolute atomic E-state index is 15.7. The zero-order valence-electron chi connectivity index (χ0n) is 40.6. The molecular weight excluding hydrogens is 871 g/mol. The van der Waals surface area contributed by atoms with Gasteiger partial charge in [0.2, 0.25) is 0 Å². The van der Waals surface area contributed by atoms with Crippen LogP contribution in [-0.4, -0.2) is 142 Å². The van der Waals surface area contributed by atoms with Crippen molar-refractivity contribution in [2.45, 2.75) is 202 Å². The van der Waals surface area contributed by atoms with Crippen LogP contribution in [0, 0.1) is 51.8 Å². The number of carbonyl (C=O) groups is 1. The minimum atomic E-state index is -2.01. The smallest absolute Gasteiger partial charge is 0.182 e. The van der Waals surface area contributed by atoms with Crippen LogP contribution in [0.2, 0.25) is 0 Å². The molecule has 7 aliphatic carbocycles.